The van der Waals surface area contributed by atoms with E-state index in [1.807, 2.05) is 18.2 Å². The average molecular weight is 865 g/mol. The quantitative estimate of drug-likeness (QED) is 0.0264. The Morgan fingerprint density at radius 3 is 1.11 bits per heavy atom. The van der Waals surface area contributed by atoms with E-state index in [1.54, 1.807) is 6.08 Å². The summed E-state index contributed by atoms with van der Waals surface area (Å²) in [6, 6.07) is 0. The summed E-state index contributed by atoms with van der Waals surface area (Å²) in [6.07, 6.45) is 72.8. The van der Waals surface area contributed by atoms with E-state index in [-0.39, 0.29) is 32.5 Å². The Labute approximate surface area is 384 Å². The molecule has 0 fully saturated rings. The number of carbonyl (C=O) groups is 3. The Balaban J connectivity index is 4.65. The number of unbranched alkanes of at least 4 members (excludes halogenated alkanes) is 4. The van der Waals surface area contributed by atoms with Crippen molar-refractivity contribution in [2.75, 3.05) is 13.2 Å². The van der Waals surface area contributed by atoms with Crippen LogP contribution in [-0.4, -0.2) is 37.2 Å². The zero-order chi connectivity index (χ0) is 45.8. The molecular weight excluding hydrogens is 781 g/mol. The SMILES string of the molecule is CC/C=C\C/C=C\C/C=C\C/C=C\C/C=C\C/C=C\CCC(=O)OCC(COC(=O)C/C=C\C/C=C\C/C=C\CC)OC(=O)CCC/C=C\C/C=C\C/C=C\C/C=C\CCCCC. The fourth-order valence-electron chi connectivity index (χ4n) is 5.52. The Hall–Kier alpha value is -4.97. The van der Waals surface area contributed by atoms with Crippen molar-refractivity contribution in [3.05, 3.63) is 158 Å². The molecular formula is C57H84O6. The van der Waals surface area contributed by atoms with Crippen LogP contribution in [0, 0.1) is 0 Å². The number of ether oxygens (including phenoxy) is 3. The molecule has 0 rings (SSSR count). The van der Waals surface area contributed by atoms with Gasteiger partial charge < -0.3 is 14.2 Å². The van der Waals surface area contributed by atoms with Crippen LogP contribution in [0.5, 0.6) is 0 Å². The Bertz CT molecular complexity index is 1510. The van der Waals surface area contributed by atoms with Crippen molar-refractivity contribution >= 4 is 17.9 Å². The summed E-state index contributed by atoms with van der Waals surface area (Å²) in [5.74, 6) is -1.25. The van der Waals surface area contributed by atoms with Crippen LogP contribution in [-0.2, 0) is 28.6 Å². The summed E-state index contributed by atoms with van der Waals surface area (Å²) in [5.41, 5.74) is 0. The van der Waals surface area contributed by atoms with E-state index in [1.165, 1.54) is 25.7 Å². The minimum Gasteiger partial charge on any atom is -0.462 e. The third-order valence-corrected chi connectivity index (χ3v) is 9.04. The molecule has 0 spiro atoms. The molecule has 0 aliphatic carbocycles. The molecule has 6 heteroatoms. The average Bonchev–Trinajstić information content (AvgIpc) is 3.28. The van der Waals surface area contributed by atoms with Crippen molar-refractivity contribution in [1.82, 2.24) is 0 Å². The number of rotatable bonds is 40. The lowest BCUT2D eigenvalue weighted by atomic mass is 10.2. The zero-order valence-electron chi connectivity index (χ0n) is 39.5. The summed E-state index contributed by atoms with van der Waals surface area (Å²) in [7, 11) is 0. The molecule has 0 bridgehead atoms. The molecule has 0 amide bonds. The van der Waals surface area contributed by atoms with Crippen molar-refractivity contribution in [3.8, 4) is 0 Å². The maximum absolute atomic E-state index is 12.7. The molecule has 0 heterocycles. The third-order valence-electron chi connectivity index (χ3n) is 9.04. The van der Waals surface area contributed by atoms with Crippen molar-refractivity contribution in [2.45, 2.75) is 168 Å². The highest BCUT2D eigenvalue weighted by Crippen LogP contribution is 2.07. The molecule has 0 radical (unpaired) electrons. The fourth-order valence-corrected chi connectivity index (χ4v) is 5.52. The lowest BCUT2D eigenvalue weighted by Gasteiger charge is -2.18. The first kappa shape index (κ1) is 58.0. The van der Waals surface area contributed by atoms with Gasteiger partial charge in [-0.2, -0.15) is 0 Å². The summed E-state index contributed by atoms with van der Waals surface area (Å²) in [5, 5.41) is 0. The molecule has 0 aliphatic heterocycles. The van der Waals surface area contributed by atoms with Gasteiger partial charge in [0.1, 0.15) is 13.2 Å². The smallest absolute Gasteiger partial charge is 0.309 e. The van der Waals surface area contributed by atoms with Crippen LogP contribution in [0.25, 0.3) is 0 Å². The number of carbonyl (C=O) groups excluding carboxylic acids is 3. The van der Waals surface area contributed by atoms with Gasteiger partial charge in [0.15, 0.2) is 6.10 Å². The van der Waals surface area contributed by atoms with Crippen molar-refractivity contribution in [3.63, 3.8) is 0 Å². The third kappa shape index (κ3) is 47.9. The van der Waals surface area contributed by atoms with Gasteiger partial charge in [-0.15, -0.1) is 0 Å². The molecule has 0 aromatic heterocycles. The molecule has 0 saturated heterocycles. The highest BCUT2D eigenvalue weighted by Gasteiger charge is 2.19. The second-order valence-corrected chi connectivity index (χ2v) is 14.9. The first-order valence-corrected chi connectivity index (χ1v) is 24.0. The second kappa shape index (κ2) is 49.7. The monoisotopic (exact) mass is 865 g/mol. The maximum Gasteiger partial charge on any atom is 0.309 e. The van der Waals surface area contributed by atoms with E-state index in [9.17, 15) is 14.4 Å². The molecule has 63 heavy (non-hydrogen) atoms. The maximum atomic E-state index is 12.7. The van der Waals surface area contributed by atoms with Crippen LogP contribution in [0.3, 0.4) is 0 Å². The summed E-state index contributed by atoms with van der Waals surface area (Å²) in [6.45, 7) is 6.12. The largest absolute Gasteiger partial charge is 0.462 e. The van der Waals surface area contributed by atoms with E-state index in [0.29, 0.717) is 12.8 Å². The predicted molar refractivity (Wildman–Crippen MR) is 269 cm³/mol. The summed E-state index contributed by atoms with van der Waals surface area (Å²) >= 11 is 0. The van der Waals surface area contributed by atoms with Crippen LogP contribution in [0.4, 0.5) is 0 Å². The van der Waals surface area contributed by atoms with Crippen LogP contribution in [0.1, 0.15) is 162 Å². The normalized spacial score (nSPS) is 13.5. The standard InChI is InChI=1S/C57H84O6/c1-4-7-10-13-16-19-21-23-25-27-28-30-31-33-35-38-41-44-47-50-56(59)62-53-54(52-61-55(58)49-46-43-40-37-18-15-12-9-6-3)63-57(60)51-48-45-42-39-36-34-32-29-26-24-22-20-17-14-11-8-5-2/h7,9-10,12,16-20,23-26,28,30,32-35,37,39,41-44,46,54H,4-6,8,11,13-15,21-22,27,29,31,36,38,40,45,47-53H2,1-3H3/b10-7-,12-9-,19-16-,20-17-,25-23-,26-24-,30-28-,34-32-,35-33-,37-18-,42-39-,44-41-,46-43-. The predicted octanol–water partition coefficient (Wildman–Crippen LogP) is 15.9. The Morgan fingerprint density at radius 2 is 0.698 bits per heavy atom. The number of esters is 3. The van der Waals surface area contributed by atoms with E-state index < -0.39 is 24.0 Å². The van der Waals surface area contributed by atoms with E-state index >= 15 is 0 Å². The number of allylic oxidation sites excluding steroid dienone is 25. The minimum absolute atomic E-state index is 0.102. The molecule has 1 unspecified atom stereocenters. The molecule has 0 saturated carbocycles. The highest BCUT2D eigenvalue weighted by molar-refractivity contribution is 5.72. The summed E-state index contributed by atoms with van der Waals surface area (Å²) in [4.78, 5) is 37.7. The van der Waals surface area contributed by atoms with Crippen LogP contribution >= 0.6 is 0 Å². The van der Waals surface area contributed by atoms with Gasteiger partial charge in [-0.1, -0.05) is 192 Å². The first-order valence-electron chi connectivity index (χ1n) is 24.0. The Kier molecular flexibility index (Phi) is 45.8. The van der Waals surface area contributed by atoms with Gasteiger partial charge in [0.2, 0.25) is 0 Å². The molecule has 0 aromatic rings. The molecule has 0 N–H and O–H groups in total. The molecule has 6 nitrogen and oxygen atoms in total. The molecule has 0 aliphatic rings. The van der Waals surface area contributed by atoms with Crippen LogP contribution in [0.2, 0.25) is 0 Å². The van der Waals surface area contributed by atoms with Crippen LogP contribution in [0.15, 0.2) is 158 Å². The van der Waals surface area contributed by atoms with Gasteiger partial charge in [0.25, 0.3) is 0 Å². The molecule has 348 valence electrons. The van der Waals surface area contributed by atoms with E-state index in [4.69, 9.17) is 14.2 Å². The van der Waals surface area contributed by atoms with Gasteiger partial charge >= 0.3 is 17.9 Å². The van der Waals surface area contributed by atoms with Crippen molar-refractivity contribution in [1.29, 1.82) is 0 Å². The minimum atomic E-state index is -0.879. The van der Waals surface area contributed by atoms with Gasteiger partial charge in [0.05, 0.1) is 6.42 Å². The fraction of sp³-hybridized carbons (Fsp3) is 0.491. The molecule has 1 atom stereocenters. The second-order valence-electron chi connectivity index (χ2n) is 14.9. The lowest BCUT2D eigenvalue weighted by Crippen LogP contribution is -2.30. The Morgan fingerprint density at radius 1 is 0.349 bits per heavy atom. The topological polar surface area (TPSA) is 78.9 Å². The van der Waals surface area contributed by atoms with E-state index in [0.717, 1.165) is 83.5 Å². The highest BCUT2D eigenvalue weighted by atomic mass is 16.6. The van der Waals surface area contributed by atoms with Crippen molar-refractivity contribution < 1.29 is 28.6 Å². The van der Waals surface area contributed by atoms with Gasteiger partial charge in [0, 0.05) is 12.8 Å². The van der Waals surface area contributed by atoms with Gasteiger partial charge in [-0.05, 0) is 109 Å². The number of hydrogen-bond acceptors (Lipinski definition) is 6. The van der Waals surface area contributed by atoms with Gasteiger partial charge in [-0.3, -0.25) is 14.4 Å². The first-order chi connectivity index (χ1) is 31.0. The van der Waals surface area contributed by atoms with E-state index in [2.05, 4.69) is 154 Å². The molecule has 0 aromatic carbocycles. The lowest BCUT2D eigenvalue weighted by molar-refractivity contribution is -0.166. The van der Waals surface area contributed by atoms with Gasteiger partial charge in [-0.25, -0.2) is 0 Å². The van der Waals surface area contributed by atoms with Crippen LogP contribution < -0.4 is 0 Å². The summed E-state index contributed by atoms with van der Waals surface area (Å²) < 4.78 is 16.5. The zero-order valence-corrected chi connectivity index (χ0v) is 39.5. The van der Waals surface area contributed by atoms with Crippen molar-refractivity contribution in [2.24, 2.45) is 0 Å². The number of hydrogen-bond donors (Lipinski definition) is 0.